The van der Waals surface area contributed by atoms with Crippen molar-refractivity contribution in [1.29, 1.82) is 0 Å². The molecule has 182 valence electrons. The lowest BCUT2D eigenvalue weighted by molar-refractivity contribution is -0.149. The number of nitrogens with one attached hydrogen (secondary N) is 2. The summed E-state index contributed by atoms with van der Waals surface area (Å²) in [5.74, 6) is -0.375. The van der Waals surface area contributed by atoms with Crippen LogP contribution in [-0.2, 0) is 23.4 Å². The van der Waals surface area contributed by atoms with Crippen LogP contribution in [0.3, 0.4) is 0 Å². The highest BCUT2D eigenvalue weighted by molar-refractivity contribution is 7.36. The summed E-state index contributed by atoms with van der Waals surface area (Å²) in [6.45, 7) is 8.27. The summed E-state index contributed by atoms with van der Waals surface area (Å²) in [6.07, 6.45) is -0.327. The number of hydrogen-bond donors (Lipinski definition) is 4. The lowest BCUT2D eigenvalue weighted by Crippen LogP contribution is -2.42. The third kappa shape index (κ3) is 5.22. The van der Waals surface area contributed by atoms with Crippen molar-refractivity contribution in [3.8, 4) is 0 Å². The van der Waals surface area contributed by atoms with Crippen LogP contribution in [0.2, 0.25) is 0 Å². The molecule has 1 aliphatic heterocycles. The Balaban J connectivity index is 1.71. The number of aliphatic hydroxyl groups is 1. The van der Waals surface area contributed by atoms with Crippen molar-refractivity contribution in [2.45, 2.75) is 64.7 Å². The number of nitrogens with zero attached hydrogens (tertiary/aromatic N) is 4. The Kier molecular flexibility index (Phi) is 7.49. The second kappa shape index (κ2) is 9.82. The first kappa shape index (κ1) is 25.2. The fourth-order valence-corrected chi connectivity index (χ4v) is 4.53. The van der Waals surface area contributed by atoms with Crippen molar-refractivity contribution in [2.24, 2.45) is 5.92 Å². The molecule has 6 atom stereocenters. The first-order valence-electron chi connectivity index (χ1n) is 10.6. The van der Waals surface area contributed by atoms with Gasteiger partial charge in [-0.15, -0.1) is 4.52 Å². The van der Waals surface area contributed by atoms with Gasteiger partial charge in [0.1, 0.15) is 24.5 Å². The Hall–Kier alpha value is -2.44. The van der Waals surface area contributed by atoms with E-state index >= 15 is 0 Å². The monoisotopic (exact) mass is 484 g/mol. The molecule has 5 N–H and O–H groups in total. The van der Waals surface area contributed by atoms with Gasteiger partial charge in [0.25, 0.3) is 0 Å². The van der Waals surface area contributed by atoms with Crippen LogP contribution < -0.4 is 16.1 Å². The Bertz CT molecular complexity index is 1030. The maximum Gasteiger partial charge on any atom is 0.613 e. The van der Waals surface area contributed by atoms with E-state index in [9.17, 15) is 14.5 Å². The fourth-order valence-electron chi connectivity index (χ4n) is 3.66. The molecule has 0 radical (unpaired) electrons. The molecule has 0 bridgehead atoms. The van der Waals surface area contributed by atoms with Gasteiger partial charge in [0, 0.05) is 13.0 Å². The quantitative estimate of drug-likeness (QED) is 0.297. The second-order valence-corrected chi connectivity index (χ2v) is 9.53. The van der Waals surface area contributed by atoms with E-state index in [0.717, 1.165) is 0 Å². The number of esters is 1. The molecule has 2 aromatic heterocycles. The van der Waals surface area contributed by atoms with Gasteiger partial charge in [-0.2, -0.15) is 9.97 Å². The number of ether oxygens (including phenoxy) is 2. The van der Waals surface area contributed by atoms with Gasteiger partial charge in [-0.1, -0.05) is 12.0 Å². The van der Waals surface area contributed by atoms with Crippen LogP contribution in [0.25, 0.3) is 11.2 Å². The second-order valence-electron chi connectivity index (χ2n) is 8.50. The standard InChI is InChI=1S/C19H31N7O6P/c1-9(2)31-17(28)11(4)25-33(29)30-7-19(5)13(27)10(3)16(32-19)26-8-22-12-14(21-6)23-18(20)24-15(12)26/h8-11,13,16,27H,7H2,1-6H3,(H,25,29)(H3,20,21,23,24)/q+1/t10-,11-,13-,16+,19+/m0/s1. The molecular weight excluding hydrogens is 453 g/mol. The fraction of sp³-hybridized carbons (Fsp3) is 0.684. The Morgan fingerprint density at radius 2 is 2.12 bits per heavy atom. The summed E-state index contributed by atoms with van der Waals surface area (Å²) in [5, 5.41) is 16.4. The molecule has 13 nitrogen and oxygen atoms in total. The summed E-state index contributed by atoms with van der Waals surface area (Å²) >= 11 is 0. The van der Waals surface area contributed by atoms with Crippen LogP contribution in [0.1, 0.15) is 40.8 Å². The average molecular weight is 484 g/mol. The zero-order valence-electron chi connectivity index (χ0n) is 19.5. The minimum atomic E-state index is -2.41. The maximum atomic E-state index is 12.3. The molecule has 14 heteroatoms. The van der Waals surface area contributed by atoms with Gasteiger partial charge < -0.3 is 25.6 Å². The third-order valence-corrected chi connectivity index (χ3v) is 6.35. The molecular formula is C19H31N7O6P+. The minimum Gasteiger partial charge on any atom is -0.462 e. The van der Waals surface area contributed by atoms with E-state index in [-0.39, 0.29) is 24.6 Å². The number of aliphatic hydroxyl groups excluding tert-OH is 1. The number of aromatic nitrogens is 4. The molecule has 1 fully saturated rings. The maximum absolute atomic E-state index is 12.3. The average Bonchev–Trinajstić information content (AvgIpc) is 3.26. The van der Waals surface area contributed by atoms with Gasteiger partial charge in [-0.25, -0.2) is 4.98 Å². The van der Waals surface area contributed by atoms with Gasteiger partial charge in [-0.3, -0.25) is 9.36 Å². The van der Waals surface area contributed by atoms with E-state index in [2.05, 4.69) is 25.4 Å². The SMILES string of the molecule is CNc1nc(N)nc2c1ncn2[C@@H]1O[C@](C)(CO[P+](=O)N[C@@H](C)C(=O)OC(C)C)[C@@H](O)[C@@H]1C. The van der Waals surface area contributed by atoms with Gasteiger partial charge >= 0.3 is 14.1 Å². The Labute approximate surface area is 192 Å². The van der Waals surface area contributed by atoms with Crippen molar-refractivity contribution >= 4 is 37.1 Å². The minimum absolute atomic E-state index is 0.0686. The topological polar surface area (TPSA) is 176 Å². The zero-order valence-corrected chi connectivity index (χ0v) is 20.4. The van der Waals surface area contributed by atoms with E-state index in [1.807, 2.05) is 6.92 Å². The van der Waals surface area contributed by atoms with Crippen molar-refractivity contribution in [3.05, 3.63) is 6.33 Å². The predicted octanol–water partition coefficient (Wildman–Crippen LogP) is 1.34. The molecule has 3 rings (SSSR count). The normalized spacial score (nSPS) is 26.5. The molecule has 33 heavy (non-hydrogen) atoms. The predicted molar refractivity (Wildman–Crippen MR) is 120 cm³/mol. The van der Waals surface area contributed by atoms with Gasteiger partial charge in [-0.05, 0) is 32.3 Å². The molecule has 2 aromatic rings. The summed E-state index contributed by atoms with van der Waals surface area (Å²) in [4.78, 5) is 24.6. The van der Waals surface area contributed by atoms with Crippen molar-refractivity contribution in [2.75, 3.05) is 24.7 Å². The van der Waals surface area contributed by atoms with Gasteiger partial charge in [0.05, 0.1) is 18.5 Å². The largest absolute Gasteiger partial charge is 0.613 e. The summed E-state index contributed by atoms with van der Waals surface area (Å²) < 4.78 is 30.7. The highest BCUT2D eigenvalue weighted by atomic mass is 31.1. The summed E-state index contributed by atoms with van der Waals surface area (Å²) in [6, 6.07) is -0.825. The molecule has 0 aliphatic carbocycles. The Morgan fingerprint density at radius 1 is 1.42 bits per heavy atom. The summed E-state index contributed by atoms with van der Waals surface area (Å²) in [7, 11) is -0.714. The number of carbonyl (C=O) groups excluding carboxylic acids is 1. The number of nitrogen functional groups attached to an aromatic ring is 1. The first-order chi connectivity index (χ1) is 15.5. The zero-order chi connectivity index (χ0) is 24.5. The number of anilines is 2. The molecule has 1 saturated heterocycles. The lowest BCUT2D eigenvalue weighted by atomic mass is 9.93. The van der Waals surface area contributed by atoms with E-state index in [0.29, 0.717) is 17.0 Å². The van der Waals surface area contributed by atoms with Crippen LogP contribution >= 0.6 is 8.18 Å². The van der Waals surface area contributed by atoms with E-state index in [4.69, 9.17) is 19.7 Å². The molecule has 0 amide bonds. The van der Waals surface area contributed by atoms with Crippen LogP contribution in [0.15, 0.2) is 6.33 Å². The van der Waals surface area contributed by atoms with Crippen molar-refractivity contribution in [1.82, 2.24) is 24.6 Å². The first-order valence-corrected chi connectivity index (χ1v) is 11.7. The highest BCUT2D eigenvalue weighted by Gasteiger charge is 2.52. The van der Waals surface area contributed by atoms with Crippen LogP contribution in [0.4, 0.5) is 11.8 Å². The van der Waals surface area contributed by atoms with Crippen molar-refractivity contribution < 1.29 is 28.5 Å². The number of carbonyl (C=O) groups is 1. The lowest BCUT2D eigenvalue weighted by Gasteiger charge is -2.25. The van der Waals surface area contributed by atoms with Gasteiger partial charge in [0.2, 0.25) is 5.95 Å². The Morgan fingerprint density at radius 3 is 2.76 bits per heavy atom. The van der Waals surface area contributed by atoms with Gasteiger partial charge in [0.15, 0.2) is 17.0 Å². The molecule has 0 saturated carbocycles. The third-order valence-electron chi connectivity index (χ3n) is 5.39. The van der Waals surface area contributed by atoms with E-state index in [1.165, 1.54) is 6.92 Å². The highest BCUT2D eigenvalue weighted by Crippen LogP contribution is 2.43. The van der Waals surface area contributed by atoms with Crippen LogP contribution in [-0.4, -0.2) is 68.1 Å². The van der Waals surface area contributed by atoms with Crippen LogP contribution in [0.5, 0.6) is 0 Å². The molecule has 0 spiro atoms. The molecule has 3 heterocycles. The van der Waals surface area contributed by atoms with Crippen molar-refractivity contribution in [3.63, 3.8) is 0 Å². The molecule has 1 aliphatic rings. The summed E-state index contributed by atoms with van der Waals surface area (Å²) in [5.41, 5.74) is 5.60. The smallest absolute Gasteiger partial charge is 0.462 e. The number of nitrogens with two attached hydrogens (primary N) is 1. The number of imidazole rings is 1. The number of rotatable bonds is 9. The van der Waals surface area contributed by atoms with Crippen LogP contribution in [0, 0.1) is 5.92 Å². The number of fused-ring (bicyclic) bond motifs is 1. The number of hydrogen-bond acceptors (Lipinski definition) is 11. The van der Waals surface area contributed by atoms with E-state index in [1.54, 1.807) is 38.7 Å². The molecule has 0 aromatic carbocycles. The molecule has 1 unspecified atom stereocenters. The van der Waals surface area contributed by atoms with E-state index < -0.39 is 38.1 Å².